The molecule has 0 bridgehead atoms. The van der Waals surface area contributed by atoms with Gasteiger partial charge < -0.3 is 10.2 Å². The summed E-state index contributed by atoms with van der Waals surface area (Å²) < 4.78 is 27.3. The number of likely N-dealkylation sites (tertiary alicyclic amines) is 1. The minimum Gasteiger partial charge on any atom is -0.341 e. The Kier molecular flexibility index (Phi) is 5.03. The molecule has 2 fully saturated rings. The molecule has 0 spiro atoms. The molecule has 6 nitrogen and oxygen atoms in total. The summed E-state index contributed by atoms with van der Waals surface area (Å²) in [5, 5.41) is 2.86. The molecule has 2 atom stereocenters. The van der Waals surface area contributed by atoms with Gasteiger partial charge in [0, 0.05) is 38.2 Å². The first kappa shape index (κ1) is 17.5. The summed E-state index contributed by atoms with van der Waals surface area (Å²) in [6, 6.07) is 7.14. The molecule has 0 radical (unpaired) electrons. The molecule has 0 saturated carbocycles. The smallest absolute Gasteiger partial charge is 0.317 e. The number of amides is 2. The van der Waals surface area contributed by atoms with E-state index in [-0.39, 0.29) is 17.2 Å². The Balaban J connectivity index is 1.72. The molecule has 8 heteroatoms. The Hall–Kier alpha value is -1.31. The van der Waals surface area contributed by atoms with Crippen molar-refractivity contribution in [3.63, 3.8) is 0 Å². The number of nitrogens with one attached hydrogen (secondary N) is 1. The molecular formula is C16H22ClN3O3S. The topological polar surface area (TPSA) is 69.7 Å². The standard InChI is InChI=1S/C16H22ClN3O3S/c1-18-16(21)19-8-6-13-11-20(24(22,23)15(13)7-9-19)10-12-2-4-14(17)5-3-12/h2-5,13,15H,6-11H2,1H3,(H,18,21)/t13-,15-/m1/s1. The van der Waals surface area contributed by atoms with Crippen LogP contribution >= 0.6 is 11.6 Å². The van der Waals surface area contributed by atoms with Crippen molar-refractivity contribution in [2.24, 2.45) is 5.92 Å². The molecule has 0 aliphatic carbocycles. The molecule has 1 aromatic carbocycles. The van der Waals surface area contributed by atoms with Crippen LogP contribution in [0.25, 0.3) is 0 Å². The van der Waals surface area contributed by atoms with E-state index in [1.165, 1.54) is 0 Å². The van der Waals surface area contributed by atoms with Crippen molar-refractivity contribution in [3.05, 3.63) is 34.9 Å². The lowest BCUT2D eigenvalue weighted by Gasteiger charge is -2.21. The predicted molar refractivity (Wildman–Crippen MR) is 93.3 cm³/mol. The lowest BCUT2D eigenvalue weighted by atomic mass is 10.0. The van der Waals surface area contributed by atoms with E-state index in [9.17, 15) is 13.2 Å². The molecule has 24 heavy (non-hydrogen) atoms. The Bertz CT molecular complexity index is 708. The van der Waals surface area contributed by atoms with E-state index in [0.717, 1.165) is 5.56 Å². The minimum atomic E-state index is -3.33. The summed E-state index contributed by atoms with van der Waals surface area (Å²) in [7, 11) is -1.74. The second-order valence-corrected chi connectivity index (χ2v) is 8.97. The maximum absolute atomic E-state index is 12.9. The molecule has 2 heterocycles. The van der Waals surface area contributed by atoms with Crippen LogP contribution in [0.2, 0.25) is 5.02 Å². The van der Waals surface area contributed by atoms with Gasteiger partial charge in [0.1, 0.15) is 0 Å². The third kappa shape index (κ3) is 3.38. The fourth-order valence-electron chi connectivity index (χ4n) is 3.61. The van der Waals surface area contributed by atoms with E-state index < -0.39 is 10.0 Å². The number of fused-ring (bicyclic) bond motifs is 1. The molecule has 2 saturated heterocycles. The van der Waals surface area contributed by atoms with Crippen molar-refractivity contribution >= 4 is 27.7 Å². The summed E-state index contributed by atoms with van der Waals surface area (Å²) in [4.78, 5) is 13.5. The molecule has 1 aromatic rings. The van der Waals surface area contributed by atoms with Gasteiger partial charge in [0.15, 0.2) is 0 Å². The number of urea groups is 1. The van der Waals surface area contributed by atoms with Crippen LogP contribution in [-0.4, -0.2) is 55.6 Å². The maximum atomic E-state index is 12.9. The number of halogens is 1. The molecule has 132 valence electrons. The van der Waals surface area contributed by atoms with E-state index in [4.69, 9.17) is 11.6 Å². The normalized spacial score (nSPS) is 26.7. The van der Waals surface area contributed by atoms with E-state index in [1.54, 1.807) is 28.4 Å². The molecule has 3 rings (SSSR count). The fourth-order valence-corrected chi connectivity index (χ4v) is 5.95. The number of sulfonamides is 1. The quantitative estimate of drug-likeness (QED) is 0.863. The van der Waals surface area contributed by atoms with Gasteiger partial charge in [-0.3, -0.25) is 0 Å². The Morgan fingerprint density at radius 3 is 2.58 bits per heavy atom. The van der Waals surface area contributed by atoms with Gasteiger partial charge >= 0.3 is 6.03 Å². The summed E-state index contributed by atoms with van der Waals surface area (Å²) in [6.45, 7) is 1.99. The average Bonchev–Trinajstić information content (AvgIpc) is 2.71. The molecule has 0 unspecified atom stereocenters. The number of carbonyl (C=O) groups is 1. The van der Waals surface area contributed by atoms with E-state index in [0.29, 0.717) is 44.0 Å². The summed E-state index contributed by atoms with van der Waals surface area (Å²) >= 11 is 5.88. The van der Waals surface area contributed by atoms with Crippen molar-refractivity contribution in [1.29, 1.82) is 0 Å². The van der Waals surface area contributed by atoms with Gasteiger partial charge in [0.25, 0.3) is 0 Å². The van der Waals surface area contributed by atoms with E-state index in [1.807, 2.05) is 12.1 Å². The zero-order valence-electron chi connectivity index (χ0n) is 13.6. The van der Waals surface area contributed by atoms with Gasteiger partial charge in [-0.2, -0.15) is 4.31 Å². The Morgan fingerprint density at radius 2 is 1.92 bits per heavy atom. The molecule has 2 aliphatic heterocycles. The zero-order chi connectivity index (χ0) is 17.3. The monoisotopic (exact) mass is 371 g/mol. The van der Waals surface area contributed by atoms with Gasteiger partial charge in [-0.15, -0.1) is 0 Å². The van der Waals surface area contributed by atoms with E-state index >= 15 is 0 Å². The van der Waals surface area contributed by atoms with Gasteiger partial charge in [0.05, 0.1) is 5.25 Å². The van der Waals surface area contributed by atoms with E-state index in [2.05, 4.69) is 5.32 Å². The number of rotatable bonds is 2. The molecular weight excluding hydrogens is 350 g/mol. The average molecular weight is 372 g/mol. The van der Waals surface area contributed by atoms with Crippen LogP contribution in [0.15, 0.2) is 24.3 Å². The molecule has 0 aromatic heterocycles. The van der Waals surface area contributed by atoms with Crippen molar-refractivity contribution in [3.8, 4) is 0 Å². The summed E-state index contributed by atoms with van der Waals surface area (Å²) in [5.74, 6) is 0.0805. The van der Waals surface area contributed by atoms with Crippen molar-refractivity contribution in [2.75, 3.05) is 26.7 Å². The third-order valence-corrected chi connectivity index (χ3v) is 7.57. The van der Waals surface area contributed by atoms with Gasteiger partial charge in [-0.25, -0.2) is 13.2 Å². The number of hydrogen-bond donors (Lipinski definition) is 1. The van der Waals surface area contributed by atoms with Crippen LogP contribution < -0.4 is 5.32 Å². The highest BCUT2D eigenvalue weighted by atomic mass is 35.5. The van der Waals surface area contributed by atoms with Crippen molar-refractivity contribution in [2.45, 2.75) is 24.6 Å². The zero-order valence-corrected chi connectivity index (χ0v) is 15.2. The predicted octanol–water partition coefficient (Wildman–Crippen LogP) is 1.91. The molecule has 2 aliphatic rings. The number of nitrogens with zero attached hydrogens (tertiary/aromatic N) is 2. The van der Waals surface area contributed by atoms with Crippen molar-refractivity contribution < 1.29 is 13.2 Å². The molecule has 1 N–H and O–H groups in total. The Labute approximate surface area is 147 Å². The highest BCUT2D eigenvalue weighted by Crippen LogP contribution is 2.35. The SMILES string of the molecule is CNC(=O)N1CC[C@@H]2CN(Cc3ccc(Cl)cc3)S(=O)(=O)[C@@H]2CC1. The first-order valence-corrected chi connectivity index (χ1v) is 10.00. The first-order chi connectivity index (χ1) is 11.4. The van der Waals surface area contributed by atoms with Crippen LogP contribution in [0.4, 0.5) is 4.79 Å². The van der Waals surface area contributed by atoms with Crippen LogP contribution in [0.1, 0.15) is 18.4 Å². The molecule has 2 amide bonds. The highest BCUT2D eigenvalue weighted by molar-refractivity contribution is 7.90. The second kappa shape index (κ2) is 6.90. The van der Waals surface area contributed by atoms with Crippen LogP contribution in [0.5, 0.6) is 0 Å². The van der Waals surface area contributed by atoms with Crippen LogP contribution in [-0.2, 0) is 16.6 Å². The van der Waals surface area contributed by atoms with Crippen LogP contribution in [0, 0.1) is 5.92 Å². The number of carbonyl (C=O) groups excluding carboxylic acids is 1. The summed E-state index contributed by atoms with van der Waals surface area (Å²) in [5.41, 5.74) is 0.937. The van der Waals surface area contributed by atoms with Crippen molar-refractivity contribution in [1.82, 2.24) is 14.5 Å². The highest BCUT2D eigenvalue weighted by Gasteiger charge is 2.47. The van der Waals surface area contributed by atoms with Gasteiger partial charge in [-0.05, 0) is 36.5 Å². The first-order valence-electron chi connectivity index (χ1n) is 8.12. The maximum Gasteiger partial charge on any atom is 0.317 e. The Morgan fingerprint density at radius 1 is 1.25 bits per heavy atom. The third-order valence-electron chi connectivity index (χ3n) is 4.93. The second-order valence-electron chi connectivity index (χ2n) is 6.38. The fraction of sp³-hybridized carbons (Fsp3) is 0.562. The largest absolute Gasteiger partial charge is 0.341 e. The number of hydrogen-bond acceptors (Lipinski definition) is 3. The minimum absolute atomic E-state index is 0.0805. The number of benzene rings is 1. The van der Waals surface area contributed by atoms with Crippen LogP contribution in [0.3, 0.4) is 0 Å². The van der Waals surface area contributed by atoms with Gasteiger partial charge in [-0.1, -0.05) is 23.7 Å². The lowest BCUT2D eigenvalue weighted by molar-refractivity contribution is 0.201. The lowest BCUT2D eigenvalue weighted by Crippen LogP contribution is -2.39. The summed E-state index contributed by atoms with van der Waals surface area (Å²) in [6.07, 6.45) is 1.21. The van der Waals surface area contributed by atoms with Gasteiger partial charge in [0.2, 0.25) is 10.0 Å².